The smallest absolute Gasteiger partial charge is 0.346 e. The van der Waals surface area contributed by atoms with Crippen molar-refractivity contribution in [2.24, 2.45) is 0 Å². The normalized spacial score (nSPS) is 11.4. The van der Waals surface area contributed by atoms with Gasteiger partial charge >= 0.3 is 5.97 Å². The number of carboxylic acid groups (broad SMARTS) is 1. The third kappa shape index (κ3) is 5.47. The van der Waals surface area contributed by atoms with Crippen molar-refractivity contribution in [2.75, 3.05) is 0 Å². The van der Waals surface area contributed by atoms with Crippen LogP contribution in [0.5, 0.6) is 0 Å². The largest absolute Gasteiger partial charge is 0.477 e. The van der Waals surface area contributed by atoms with Crippen LogP contribution in [0.1, 0.15) is 21.6 Å². The number of carbonyl (C=O) groups is 1. The number of nitrogens with zero attached hydrogens (tertiary/aromatic N) is 2. The van der Waals surface area contributed by atoms with Gasteiger partial charge in [-0.1, -0.05) is 97.1 Å². The molecular weight excluding hydrogens is 573 g/mol. The lowest BCUT2D eigenvalue weighted by molar-refractivity contribution is -0.132. The van der Waals surface area contributed by atoms with Crippen LogP contribution in [-0.4, -0.2) is 15.6 Å². The first kappa shape index (κ1) is 27.8. The minimum atomic E-state index is -1.22. The summed E-state index contributed by atoms with van der Waals surface area (Å²) < 4.78 is 2.30. The highest BCUT2D eigenvalue weighted by molar-refractivity contribution is 7.16. The van der Waals surface area contributed by atoms with E-state index in [0.717, 1.165) is 48.4 Å². The second-order valence-corrected chi connectivity index (χ2v) is 11.8. The fourth-order valence-corrected chi connectivity index (χ4v) is 6.68. The van der Waals surface area contributed by atoms with E-state index < -0.39 is 5.97 Å². The van der Waals surface area contributed by atoms with E-state index >= 15 is 0 Å². The van der Waals surface area contributed by atoms with Gasteiger partial charge in [0.05, 0.1) is 11.0 Å². The Kier molecular flexibility index (Phi) is 7.41. The van der Waals surface area contributed by atoms with Crippen molar-refractivity contribution in [1.29, 1.82) is 5.26 Å². The summed E-state index contributed by atoms with van der Waals surface area (Å²) in [6, 6.07) is 50.1. The second kappa shape index (κ2) is 12.0. The molecule has 45 heavy (non-hydrogen) atoms. The summed E-state index contributed by atoms with van der Waals surface area (Å²) in [5.41, 5.74) is 8.71. The minimum absolute atomic E-state index is 0.278. The molecule has 2 heterocycles. The van der Waals surface area contributed by atoms with Crippen LogP contribution in [0.4, 0.5) is 0 Å². The van der Waals surface area contributed by atoms with Gasteiger partial charge in [-0.25, -0.2) is 4.79 Å². The summed E-state index contributed by atoms with van der Waals surface area (Å²) in [4.78, 5) is 13.0. The van der Waals surface area contributed by atoms with Crippen molar-refractivity contribution in [3.8, 4) is 22.2 Å². The maximum Gasteiger partial charge on any atom is 0.346 e. The fraction of sp³-hybridized carbons (Fsp3) is 0. The second-order valence-electron chi connectivity index (χ2n) is 10.6. The third-order valence-corrected chi connectivity index (χ3v) is 8.93. The molecule has 0 saturated carbocycles. The Morgan fingerprint density at radius 3 is 2.00 bits per heavy atom. The Balaban J connectivity index is 1.28. The molecule has 0 spiro atoms. The van der Waals surface area contributed by atoms with Crippen LogP contribution in [-0.2, 0) is 4.79 Å². The Morgan fingerprint density at radius 2 is 1.33 bits per heavy atom. The van der Waals surface area contributed by atoms with Gasteiger partial charge in [-0.15, -0.1) is 11.3 Å². The number of fused-ring (bicyclic) bond motifs is 3. The predicted molar refractivity (Wildman–Crippen MR) is 185 cm³/mol. The molecule has 0 amide bonds. The Bertz CT molecular complexity index is 2240. The zero-order valence-corrected chi connectivity index (χ0v) is 24.9. The summed E-state index contributed by atoms with van der Waals surface area (Å²) in [6.07, 6.45) is 3.66. The SMILES string of the molecule is N#CC(=Cc1ccc(-c2ccc3c(c2)c2ccccc2n3-c2ccc(C=C(c3ccccc3)c3ccccc3)cc2)s1)C(=O)O. The van der Waals surface area contributed by atoms with E-state index in [1.165, 1.54) is 34.1 Å². The van der Waals surface area contributed by atoms with Crippen LogP contribution in [0, 0.1) is 11.3 Å². The van der Waals surface area contributed by atoms with E-state index in [-0.39, 0.29) is 5.57 Å². The number of hydrogen-bond donors (Lipinski definition) is 1. The molecule has 7 rings (SSSR count). The van der Waals surface area contributed by atoms with Crippen LogP contribution < -0.4 is 0 Å². The number of rotatable bonds is 7. The standard InChI is InChI=1S/C40H26N2O2S/c41-26-31(40(43)44)24-33-20-22-39(45-33)30-17-21-38-36(25-30)34-13-7-8-14-37(34)42(38)32-18-15-27(16-19-32)23-35(28-9-3-1-4-10-28)29-11-5-2-6-12-29/h1-25H,(H,43,44). The lowest BCUT2D eigenvalue weighted by Gasteiger charge is -2.11. The van der Waals surface area contributed by atoms with Crippen LogP contribution in [0.3, 0.4) is 0 Å². The number of hydrogen-bond acceptors (Lipinski definition) is 3. The van der Waals surface area contributed by atoms with E-state index in [1.807, 2.05) is 24.3 Å². The van der Waals surface area contributed by atoms with Crippen LogP contribution in [0.2, 0.25) is 0 Å². The van der Waals surface area contributed by atoms with E-state index in [0.29, 0.717) is 0 Å². The maximum atomic E-state index is 11.3. The minimum Gasteiger partial charge on any atom is -0.477 e. The first-order valence-corrected chi connectivity index (χ1v) is 15.3. The van der Waals surface area contributed by atoms with Crippen molar-refractivity contribution in [3.05, 3.63) is 167 Å². The number of nitriles is 1. The van der Waals surface area contributed by atoms with Crippen molar-refractivity contribution in [2.45, 2.75) is 0 Å². The number of benzene rings is 5. The van der Waals surface area contributed by atoms with E-state index in [2.05, 4.69) is 126 Å². The number of para-hydroxylation sites is 1. The van der Waals surface area contributed by atoms with Gasteiger partial charge in [-0.2, -0.15) is 5.26 Å². The zero-order valence-electron chi connectivity index (χ0n) is 24.1. The molecule has 0 bridgehead atoms. The summed E-state index contributed by atoms with van der Waals surface area (Å²) in [6.45, 7) is 0. The molecule has 1 N–H and O–H groups in total. The van der Waals surface area contributed by atoms with E-state index in [9.17, 15) is 9.90 Å². The van der Waals surface area contributed by atoms with Gasteiger partial charge in [-0.05, 0) is 82.4 Å². The molecule has 5 heteroatoms. The van der Waals surface area contributed by atoms with Crippen LogP contribution >= 0.6 is 11.3 Å². The average molecular weight is 599 g/mol. The van der Waals surface area contributed by atoms with Gasteiger partial charge in [0.25, 0.3) is 0 Å². The van der Waals surface area contributed by atoms with Crippen molar-refractivity contribution in [3.63, 3.8) is 0 Å². The molecule has 0 atom stereocenters. The van der Waals surface area contributed by atoms with Gasteiger partial charge in [0.15, 0.2) is 0 Å². The highest BCUT2D eigenvalue weighted by Crippen LogP contribution is 2.37. The number of aromatic nitrogens is 1. The zero-order chi connectivity index (χ0) is 30.8. The molecule has 5 aromatic carbocycles. The maximum absolute atomic E-state index is 11.3. The number of aliphatic carboxylic acids is 1. The molecule has 0 unspecified atom stereocenters. The Labute approximate surface area is 264 Å². The summed E-state index contributed by atoms with van der Waals surface area (Å²) in [7, 11) is 0. The molecule has 0 aliphatic rings. The van der Waals surface area contributed by atoms with Gasteiger partial charge in [0.1, 0.15) is 11.6 Å². The topological polar surface area (TPSA) is 66.0 Å². The van der Waals surface area contributed by atoms with Gasteiger partial charge in [0.2, 0.25) is 0 Å². The summed E-state index contributed by atoms with van der Waals surface area (Å²) in [5, 5.41) is 20.7. The highest BCUT2D eigenvalue weighted by atomic mass is 32.1. The first-order valence-electron chi connectivity index (χ1n) is 14.5. The molecule has 7 aromatic rings. The molecule has 0 radical (unpaired) electrons. The molecule has 0 fully saturated rings. The third-order valence-electron chi connectivity index (χ3n) is 7.85. The van der Waals surface area contributed by atoms with Crippen molar-refractivity contribution in [1.82, 2.24) is 4.57 Å². The molecule has 2 aromatic heterocycles. The number of carboxylic acids is 1. The van der Waals surface area contributed by atoms with Crippen molar-refractivity contribution >= 4 is 56.8 Å². The molecular formula is C40H26N2O2S. The van der Waals surface area contributed by atoms with Gasteiger partial charge in [-0.3, -0.25) is 0 Å². The first-order chi connectivity index (χ1) is 22.1. The average Bonchev–Trinajstić information content (AvgIpc) is 3.69. The van der Waals surface area contributed by atoms with Gasteiger partial charge in [0, 0.05) is 26.2 Å². The van der Waals surface area contributed by atoms with E-state index in [1.54, 1.807) is 6.07 Å². The van der Waals surface area contributed by atoms with E-state index in [4.69, 9.17) is 5.26 Å². The summed E-state index contributed by atoms with van der Waals surface area (Å²) in [5.74, 6) is -1.22. The van der Waals surface area contributed by atoms with Crippen LogP contribution in [0.15, 0.2) is 145 Å². The lowest BCUT2D eigenvalue weighted by atomic mass is 9.96. The molecule has 0 aliphatic heterocycles. The Morgan fingerprint density at radius 1 is 0.689 bits per heavy atom. The van der Waals surface area contributed by atoms with Crippen molar-refractivity contribution < 1.29 is 9.90 Å². The lowest BCUT2D eigenvalue weighted by Crippen LogP contribution is -1.96. The highest BCUT2D eigenvalue weighted by Gasteiger charge is 2.14. The number of thiophene rings is 1. The molecule has 0 saturated heterocycles. The van der Waals surface area contributed by atoms with Gasteiger partial charge < -0.3 is 9.67 Å². The molecule has 0 aliphatic carbocycles. The van der Waals surface area contributed by atoms with Crippen LogP contribution in [0.25, 0.3) is 55.7 Å². The Hall–Kier alpha value is -5.96. The summed E-state index contributed by atoms with van der Waals surface area (Å²) >= 11 is 1.46. The molecule has 214 valence electrons. The fourth-order valence-electron chi connectivity index (χ4n) is 5.73. The predicted octanol–water partition coefficient (Wildman–Crippen LogP) is 10.1. The monoisotopic (exact) mass is 598 g/mol. The quantitative estimate of drug-likeness (QED) is 0.113. The molecule has 4 nitrogen and oxygen atoms in total.